The molecule has 3 heterocycles. The first-order valence-corrected chi connectivity index (χ1v) is 12.1. The number of pyridine rings is 1. The second-order valence-corrected chi connectivity index (χ2v) is 9.06. The molecule has 1 aliphatic rings. The molecule has 186 valence electrons. The maximum atomic E-state index is 13.5. The quantitative estimate of drug-likeness (QED) is 0.323. The Morgan fingerprint density at radius 2 is 1.67 bits per heavy atom. The van der Waals surface area contributed by atoms with Crippen molar-refractivity contribution >= 4 is 11.8 Å². The Balaban J connectivity index is 1.57. The van der Waals surface area contributed by atoms with E-state index in [0.29, 0.717) is 23.6 Å². The Kier molecular flexibility index (Phi) is 6.67. The topological polar surface area (TPSA) is 46.0 Å². The summed E-state index contributed by atoms with van der Waals surface area (Å²) in [5.74, 6) is 1.46. The first kappa shape index (κ1) is 23.9. The molecule has 1 N–H and O–H groups in total. The van der Waals surface area contributed by atoms with Gasteiger partial charge in [-0.1, -0.05) is 42.5 Å². The molecular weight excluding hydrogens is 463 g/mol. The fraction of sp³-hybridized carbons (Fsp3) is 0.286. The van der Waals surface area contributed by atoms with Crippen LogP contribution in [0.1, 0.15) is 30.4 Å². The second-order valence-electron chi connectivity index (χ2n) is 9.06. The first-order chi connectivity index (χ1) is 17.4. The molecule has 5 nitrogen and oxygen atoms in total. The molecular formula is C28H28F3N5. The number of imidazole rings is 1. The minimum Gasteiger partial charge on any atom is -0.366 e. The van der Waals surface area contributed by atoms with Gasteiger partial charge in [0.25, 0.3) is 0 Å². The second kappa shape index (κ2) is 10.0. The molecule has 5 rings (SSSR count). The summed E-state index contributed by atoms with van der Waals surface area (Å²) >= 11 is 0. The minimum absolute atomic E-state index is 0.439. The zero-order valence-corrected chi connectivity index (χ0v) is 20.1. The van der Waals surface area contributed by atoms with Crippen molar-refractivity contribution in [3.05, 3.63) is 84.1 Å². The van der Waals surface area contributed by atoms with E-state index in [1.54, 1.807) is 12.3 Å². The summed E-state index contributed by atoms with van der Waals surface area (Å²) < 4.78 is 42.5. The predicted octanol–water partition coefficient (Wildman–Crippen LogP) is 6.77. The summed E-state index contributed by atoms with van der Waals surface area (Å²) in [6.07, 6.45) is 0.612. The van der Waals surface area contributed by atoms with Crippen LogP contribution in [-0.4, -0.2) is 27.6 Å². The number of nitrogens with one attached hydrogen (secondary N) is 1. The molecule has 0 spiro atoms. The first-order valence-electron chi connectivity index (χ1n) is 12.1. The summed E-state index contributed by atoms with van der Waals surface area (Å²) in [4.78, 5) is 11.6. The monoisotopic (exact) mass is 491 g/mol. The Morgan fingerprint density at radius 1 is 0.889 bits per heavy atom. The SMILES string of the molecule is Cn1c(N2CCCCC2)nc(-c2cccc(C(F)(F)F)c2)c1-c1ccnc(NCc2ccccc2)c1. The Labute approximate surface area is 208 Å². The van der Waals surface area contributed by atoms with Gasteiger partial charge in [-0.15, -0.1) is 0 Å². The van der Waals surface area contributed by atoms with Crippen molar-refractivity contribution < 1.29 is 13.2 Å². The van der Waals surface area contributed by atoms with Gasteiger partial charge in [-0.3, -0.25) is 0 Å². The molecule has 36 heavy (non-hydrogen) atoms. The number of halogens is 3. The maximum absolute atomic E-state index is 13.5. The number of benzene rings is 2. The predicted molar refractivity (Wildman–Crippen MR) is 137 cm³/mol. The van der Waals surface area contributed by atoms with Crippen molar-refractivity contribution in [3.63, 3.8) is 0 Å². The van der Waals surface area contributed by atoms with Gasteiger partial charge in [0.2, 0.25) is 5.95 Å². The molecule has 0 aliphatic carbocycles. The average Bonchev–Trinajstić information content (AvgIpc) is 3.25. The van der Waals surface area contributed by atoms with E-state index in [2.05, 4.69) is 15.2 Å². The van der Waals surface area contributed by atoms with Crippen LogP contribution in [0.2, 0.25) is 0 Å². The summed E-state index contributed by atoms with van der Waals surface area (Å²) in [5, 5.41) is 3.35. The van der Waals surface area contributed by atoms with E-state index in [-0.39, 0.29) is 0 Å². The zero-order valence-electron chi connectivity index (χ0n) is 20.1. The lowest BCUT2D eigenvalue weighted by Crippen LogP contribution is -2.31. The number of rotatable bonds is 6. The average molecular weight is 492 g/mol. The molecule has 1 saturated heterocycles. The van der Waals surface area contributed by atoms with Crippen LogP contribution in [0.15, 0.2) is 72.9 Å². The largest absolute Gasteiger partial charge is 0.416 e. The fourth-order valence-corrected chi connectivity index (χ4v) is 4.70. The van der Waals surface area contributed by atoms with Crippen molar-refractivity contribution in [2.75, 3.05) is 23.3 Å². The molecule has 2 aromatic heterocycles. The lowest BCUT2D eigenvalue weighted by Gasteiger charge is -2.27. The van der Waals surface area contributed by atoms with Crippen LogP contribution < -0.4 is 10.2 Å². The van der Waals surface area contributed by atoms with Crippen molar-refractivity contribution in [1.82, 2.24) is 14.5 Å². The van der Waals surface area contributed by atoms with Gasteiger partial charge in [-0.25, -0.2) is 9.97 Å². The van der Waals surface area contributed by atoms with Gasteiger partial charge in [0, 0.05) is 44.0 Å². The van der Waals surface area contributed by atoms with Gasteiger partial charge in [-0.2, -0.15) is 13.2 Å². The van der Waals surface area contributed by atoms with Crippen LogP contribution in [0.25, 0.3) is 22.5 Å². The van der Waals surface area contributed by atoms with Gasteiger partial charge in [0.15, 0.2) is 0 Å². The van der Waals surface area contributed by atoms with E-state index in [1.807, 2.05) is 54.1 Å². The number of piperidine rings is 1. The standard InChI is InChI=1S/C28H28F3N5/c1-35-26(22-13-14-32-24(18-22)33-19-20-9-4-2-5-10-20)25(34-27(35)36-15-6-3-7-16-36)21-11-8-12-23(17-21)28(29,30)31/h2,4-5,8-14,17-18H,3,6-7,15-16,19H2,1H3,(H,32,33). The van der Waals surface area contributed by atoms with Crippen molar-refractivity contribution in [3.8, 4) is 22.5 Å². The minimum atomic E-state index is -4.42. The summed E-state index contributed by atoms with van der Waals surface area (Å²) in [6.45, 7) is 2.38. The number of anilines is 2. The lowest BCUT2D eigenvalue weighted by atomic mass is 10.0. The molecule has 2 aromatic carbocycles. The smallest absolute Gasteiger partial charge is 0.366 e. The van der Waals surface area contributed by atoms with Crippen molar-refractivity contribution in [2.45, 2.75) is 32.0 Å². The molecule has 1 fully saturated rings. The number of alkyl halides is 3. The van der Waals surface area contributed by atoms with Crippen LogP contribution in [-0.2, 0) is 19.8 Å². The van der Waals surface area contributed by atoms with Gasteiger partial charge < -0.3 is 14.8 Å². The normalized spacial score (nSPS) is 14.2. The van der Waals surface area contributed by atoms with Crippen molar-refractivity contribution in [2.24, 2.45) is 7.05 Å². The molecule has 4 aromatic rings. The highest BCUT2D eigenvalue weighted by Gasteiger charge is 2.31. The Morgan fingerprint density at radius 3 is 2.42 bits per heavy atom. The van der Waals surface area contributed by atoms with Crippen molar-refractivity contribution in [1.29, 1.82) is 0 Å². The maximum Gasteiger partial charge on any atom is 0.416 e. The number of hydrogen-bond acceptors (Lipinski definition) is 4. The van der Waals surface area contributed by atoms with Gasteiger partial charge in [-0.05, 0) is 49.1 Å². The summed E-state index contributed by atoms with van der Waals surface area (Å²) in [5.41, 5.74) is 3.02. The van der Waals surface area contributed by atoms with E-state index in [4.69, 9.17) is 4.98 Å². The van der Waals surface area contributed by atoms with Crippen LogP contribution in [0.5, 0.6) is 0 Å². The third kappa shape index (κ3) is 5.08. The molecule has 0 bridgehead atoms. The van der Waals surface area contributed by atoms with Crippen LogP contribution in [0.4, 0.5) is 24.9 Å². The molecule has 0 amide bonds. The molecule has 0 radical (unpaired) electrons. The van der Waals surface area contributed by atoms with E-state index < -0.39 is 11.7 Å². The molecule has 0 saturated carbocycles. The van der Waals surface area contributed by atoms with E-state index in [0.717, 1.165) is 54.8 Å². The molecule has 0 unspecified atom stereocenters. The van der Waals surface area contributed by atoms with Crippen LogP contribution in [0.3, 0.4) is 0 Å². The highest BCUT2D eigenvalue weighted by atomic mass is 19.4. The van der Waals surface area contributed by atoms with Crippen LogP contribution >= 0.6 is 0 Å². The van der Waals surface area contributed by atoms with E-state index in [9.17, 15) is 13.2 Å². The fourth-order valence-electron chi connectivity index (χ4n) is 4.70. The number of hydrogen-bond donors (Lipinski definition) is 1. The van der Waals surface area contributed by atoms with Gasteiger partial charge >= 0.3 is 6.18 Å². The zero-order chi connectivity index (χ0) is 25.1. The highest BCUT2D eigenvalue weighted by molar-refractivity contribution is 5.82. The Hall–Kier alpha value is -3.81. The van der Waals surface area contributed by atoms with Crippen LogP contribution in [0, 0.1) is 0 Å². The van der Waals surface area contributed by atoms with Gasteiger partial charge in [0.05, 0.1) is 17.0 Å². The summed E-state index contributed by atoms with van der Waals surface area (Å²) in [7, 11) is 1.93. The highest BCUT2D eigenvalue weighted by Crippen LogP contribution is 2.38. The molecule has 0 atom stereocenters. The van der Waals surface area contributed by atoms with Gasteiger partial charge in [0.1, 0.15) is 5.82 Å². The number of aromatic nitrogens is 3. The lowest BCUT2D eigenvalue weighted by molar-refractivity contribution is -0.137. The summed E-state index contributed by atoms with van der Waals surface area (Å²) in [6, 6.07) is 19.2. The third-order valence-corrected chi connectivity index (χ3v) is 6.52. The molecule has 1 aliphatic heterocycles. The van der Waals surface area contributed by atoms with E-state index in [1.165, 1.54) is 18.6 Å². The third-order valence-electron chi connectivity index (χ3n) is 6.52. The molecule has 8 heteroatoms. The Bertz CT molecular complexity index is 1320. The van der Waals surface area contributed by atoms with E-state index >= 15 is 0 Å². The number of nitrogens with zero attached hydrogens (tertiary/aromatic N) is 4.